The highest BCUT2D eigenvalue weighted by Gasteiger charge is 2.51. The fraction of sp³-hybridized carbons (Fsp3) is 0.458. The van der Waals surface area contributed by atoms with Crippen molar-refractivity contribution in [3.05, 3.63) is 30.2 Å². The van der Waals surface area contributed by atoms with Crippen molar-refractivity contribution in [1.29, 1.82) is 0 Å². The molecule has 2 aliphatic heterocycles. The van der Waals surface area contributed by atoms with Crippen molar-refractivity contribution in [2.75, 3.05) is 24.5 Å². The number of nitrogens with zero attached hydrogens (tertiary/aromatic N) is 5. The Morgan fingerprint density at radius 3 is 2.68 bits per heavy atom. The predicted octanol–water partition coefficient (Wildman–Crippen LogP) is 5.64. The Bertz CT molecular complexity index is 1400. The SMILES string of the molecule is Cn1cc2cc(-c3nc4sc(N5CCC56CCN(C(=O)OC(C)(C)C)C6)cc4s3)cc(F)c2n1. The van der Waals surface area contributed by atoms with Gasteiger partial charge < -0.3 is 14.5 Å². The number of carbonyl (C=O) groups excluding carboxylic acids is 1. The number of amides is 1. The van der Waals surface area contributed by atoms with E-state index in [9.17, 15) is 9.18 Å². The lowest BCUT2D eigenvalue weighted by Crippen LogP contribution is -2.61. The molecular weight excluding hydrogens is 473 g/mol. The van der Waals surface area contributed by atoms with E-state index in [1.165, 1.54) is 11.1 Å². The molecule has 2 saturated heterocycles. The zero-order chi connectivity index (χ0) is 23.8. The molecule has 6 rings (SSSR count). The zero-order valence-corrected chi connectivity index (χ0v) is 21.2. The van der Waals surface area contributed by atoms with E-state index in [0.717, 1.165) is 51.4 Å². The standard InChI is InChI=1S/C24H26FN5O2S2/c1-23(2,3)32-22(31)29-7-5-24(13-29)6-8-30(24)18-11-17-21(34-18)26-20(33-17)14-9-15-12-28(4)27-19(15)16(25)10-14/h9-12H,5-8,13H2,1-4H3. The van der Waals surface area contributed by atoms with Crippen LogP contribution in [0.2, 0.25) is 0 Å². The first kappa shape index (κ1) is 21.8. The van der Waals surface area contributed by atoms with Crippen molar-refractivity contribution in [2.45, 2.75) is 44.8 Å². The van der Waals surface area contributed by atoms with E-state index in [1.807, 2.05) is 37.9 Å². The summed E-state index contributed by atoms with van der Waals surface area (Å²) in [7, 11) is 1.79. The van der Waals surface area contributed by atoms with E-state index in [2.05, 4.69) is 16.1 Å². The van der Waals surface area contributed by atoms with Crippen LogP contribution in [-0.4, -0.2) is 56.5 Å². The van der Waals surface area contributed by atoms with E-state index in [-0.39, 0.29) is 17.4 Å². The number of halogens is 1. The molecule has 4 aromatic rings. The number of fused-ring (bicyclic) bond motifs is 2. The van der Waals surface area contributed by atoms with Gasteiger partial charge in [-0.3, -0.25) is 4.68 Å². The van der Waals surface area contributed by atoms with Gasteiger partial charge in [0.2, 0.25) is 0 Å². The van der Waals surface area contributed by atoms with Crippen molar-refractivity contribution in [1.82, 2.24) is 19.7 Å². The third-order valence-electron chi connectivity index (χ3n) is 6.62. The Balaban J connectivity index is 1.23. The van der Waals surface area contributed by atoms with Crippen LogP contribution in [0.25, 0.3) is 31.0 Å². The maximum absolute atomic E-state index is 14.6. The highest BCUT2D eigenvalue weighted by atomic mass is 32.1. The number of aryl methyl sites for hydroxylation is 1. The Labute approximate surface area is 204 Å². The van der Waals surface area contributed by atoms with Crippen molar-refractivity contribution < 1.29 is 13.9 Å². The van der Waals surface area contributed by atoms with E-state index < -0.39 is 5.60 Å². The number of anilines is 1. The number of rotatable bonds is 2. The fourth-order valence-electron chi connectivity index (χ4n) is 4.96. The lowest BCUT2D eigenvalue weighted by atomic mass is 9.84. The number of benzene rings is 1. The second-order valence-electron chi connectivity index (χ2n) is 10.2. The van der Waals surface area contributed by atoms with E-state index in [1.54, 1.807) is 34.4 Å². The highest BCUT2D eigenvalue weighted by Crippen LogP contribution is 2.48. The molecule has 0 saturated carbocycles. The summed E-state index contributed by atoms with van der Waals surface area (Å²) in [6.45, 7) is 8.08. The average molecular weight is 500 g/mol. The minimum atomic E-state index is -0.488. The van der Waals surface area contributed by atoms with Crippen LogP contribution in [0.4, 0.5) is 14.2 Å². The maximum Gasteiger partial charge on any atom is 0.410 e. The van der Waals surface area contributed by atoms with Crippen molar-refractivity contribution >= 4 is 54.2 Å². The minimum absolute atomic E-state index is 0.0127. The van der Waals surface area contributed by atoms with Gasteiger partial charge in [0.25, 0.3) is 0 Å². The molecule has 2 aliphatic rings. The fourth-order valence-corrected chi connectivity index (χ4v) is 7.30. The summed E-state index contributed by atoms with van der Waals surface area (Å²) in [5.74, 6) is -0.328. The first-order chi connectivity index (χ1) is 16.1. The summed E-state index contributed by atoms with van der Waals surface area (Å²) >= 11 is 3.25. The first-order valence-corrected chi connectivity index (χ1v) is 13.0. The van der Waals surface area contributed by atoms with Gasteiger partial charge in [0.15, 0.2) is 5.82 Å². The monoisotopic (exact) mass is 499 g/mol. The molecular formula is C24H26FN5O2S2. The van der Waals surface area contributed by atoms with Crippen molar-refractivity contribution in [2.24, 2.45) is 7.05 Å². The summed E-state index contributed by atoms with van der Waals surface area (Å²) in [5, 5.41) is 6.96. The number of likely N-dealkylation sites (tertiary alicyclic amines) is 1. The molecule has 3 aromatic heterocycles. The maximum atomic E-state index is 14.6. The molecule has 178 valence electrons. The van der Waals surface area contributed by atoms with Crippen LogP contribution in [-0.2, 0) is 11.8 Å². The number of aromatic nitrogens is 3. The Hall–Kier alpha value is -2.72. The minimum Gasteiger partial charge on any atom is -0.444 e. The van der Waals surface area contributed by atoms with Crippen LogP contribution < -0.4 is 4.90 Å². The zero-order valence-electron chi connectivity index (χ0n) is 19.6. The van der Waals surface area contributed by atoms with Gasteiger partial charge in [-0.15, -0.1) is 11.3 Å². The summed E-state index contributed by atoms with van der Waals surface area (Å²) in [4.78, 5) is 22.6. The van der Waals surface area contributed by atoms with Crippen molar-refractivity contribution in [3.8, 4) is 10.6 Å². The van der Waals surface area contributed by atoms with E-state index in [0.29, 0.717) is 12.1 Å². The molecule has 1 amide bonds. The molecule has 0 radical (unpaired) electrons. The van der Waals surface area contributed by atoms with Crippen LogP contribution in [0.3, 0.4) is 0 Å². The number of ether oxygens (including phenoxy) is 1. The molecule has 0 N–H and O–H groups in total. The number of thiophene rings is 1. The van der Waals surface area contributed by atoms with Crippen LogP contribution in [0.5, 0.6) is 0 Å². The van der Waals surface area contributed by atoms with Gasteiger partial charge in [0.1, 0.15) is 21.0 Å². The van der Waals surface area contributed by atoms with Gasteiger partial charge in [-0.25, -0.2) is 14.2 Å². The summed E-state index contributed by atoms with van der Waals surface area (Å²) < 4.78 is 22.9. The summed E-state index contributed by atoms with van der Waals surface area (Å²) in [5.41, 5.74) is 0.656. The Morgan fingerprint density at radius 1 is 1.18 bits per heavy atom. The normalized spacial score (nSPS) is 20.6. The van der Waals surface area contributed by atoms with Gasteiger partial charge in [-0.05, 0) is 51.8 Å². The van der Waals surface area contributed by atoms with Gasteiger partial charge in [0, 0.05) is 43.8 Å². The number of carbonyl (C=O) groups is 1. The third kappa shape index (κ3) is 3.54. The first-order valence-electron chi connectivity index (χ1n) is 11.4. The molecule has 1 spiro atoms. The van der Waals surface area contributed by atoms with Crippen LogP contribution in [0, 0.1) is 5.82 Å². The second kappa shape index (κ2) is 7.39. The van der Waals surface area contributed by atoms with Gasteiger partial charge in [-0.2, -0.15) is 5.10 Å². The quantitative estimate of drug-likeness (QED) is 0.357. The lowest BCUT2D eigenvalue weighted by molar-refractivity contribution is 0.0277. The molecule has 1 aromatic carbocycles. The second-order valence-corrected chi connectivity index (χ2v) is 12.3. The van der Waals surface area contributed by atoms with Crippen molar-refractivity contribution in [3.63, 3.8) is 0 Å². The van der Waals surface area contributed by atoms with Crippen LogP contribution in [0.1, 0.15) is 33.6 Å². The smallest absolute Gasteiger partial charge is 0.410 e. The molecule has 1 unspecified atom stereocenters. The van der Waals surface area contributed by atoms with E-state index >= 15 is 0 Å². The van der Waals surface area contributed by atoms with Gasteiger partial charge in [0.05, 0.1) is 15.2 Å². The molecule has 0 bridgehead atoms. The number of hydrogen-bond acceptors (Lipinski definition) is 7. The molecule has 1 atom stereocenters. The number of hydrogen-bond donors (Lipinski definition) is 0. The lowest BCUT2D eigenvalue weighted by Gasteiger charge is -2.51. The molecule has 7 nitrogen and oxygen atoms in total. The average Bonchev–Trinajstić information content (AvgIpc) is 3.47. The topological polar surface area (TPSA) is 63.5 Å². The summed E-state index contributed by atoms with van der Waals surface area (Å²) in [6.07, 6.45) is 3.61. The molecule has 0 aliphatic carbocycles. The molecule has 2 fully saturated rings. The van der Waals surface area contributed by atoms with Gasteiger partial charge >= 0.3 is 6.09 Å². The van der Waals surface area contributed by atoms with Crippen LogP contribution >= 0.6 is 22.7 Å². The Morgan fingerprint density at radius 2 is 1.97 bits per heavy atom. The molecule has 5 heterocycles. The molecule has 34 heavy (non-hydrogen) atoms. The van der Waals surface area contributed by atoms with Crippen LogP contribution in [0.15, 0.2) is 24.4 Å². The summed E-state index contributed by atoms with van der Waals surface area (Å²) in [6, 6.07) is 5.66. The Kier molecular flexibility index (Phi) is 4.73. The predicted molar refractivity (Wildman–Crippen MR) is 134 cm³/mol. The van der Waals surface area contributed by atoms with E-state index in [4.69, 9.17) is 9.72 Å². The number of thiazole rings is 1. The highest BCUT2D eigenvalue weighted by molar-refractivity contribution is 7.30. The third-order valence-corrected chi connectivity index (χ3v) is 8.86. The largest absolute Gasteiger partial charge is 0.444 e. The molecule has 10 heteroatoms. The van der Waals surface area contributed by atoms with Gasteiger partial charge in [-0.1, -0.05) is 11.3 Å².